The van der Waals surface area contributed by atoms with Gasteiger partial charge in [0.15, 0.2) is 5.78 Å². The first-order chi connectivity index (χ1) is 10.8. The molecule has 4 rings (SSSR count). The number of carbonyl (C=O) groups excluding carboxylic acids is 1. The molecule has 0 unspecified atom stereocenters. The Bertz CT molecular complexity index is 626. The fraction of sp³-hybridized carbons (Fsp3) is 0.762. The second-order valence-electron chi connectivity index (χ2n) is 8.97. The van der Waals surface area contributed by atoms with Crippen molar-refractivity contribution < 1.29 is 9.90 Å². The molecule has 0 heterocycles. The van der Waals surface area contributed by atoms with Crippen LogP contribution in [0.1, 0.15) is 65.2 Å². The van der Waals surface area contributed by atoms with Crippen molar-refractivity contribution in [3.05, 3.63) is 11.6 Å². The van der Waals surface area contributed by atoms with Gasteiger partial charge in [0.05, 0.1) is 0 Å². The predicted octanol–water partition coefficient (Wildman–Crippen LogP) is 3.88. The summed E-state index contributed by atoms with van der Waals surface area (Å²) in [6.45, 7) is 4.63. The Hall–Kier alpha value is -1.07. The lowest BCUT2D eigenvalue weighted by Gasteiger charge is -2.58. The van der Waals surface area contributed by atoms with E-state index in [9.17, 15) is 9.90 Å². The third-order valence-corrected chi connectivity index (χ3v) is 8.35. The number of ketones is 1. The number of hydrogen-bond donors (Lipinski definition) is 1. The van der Waals surface area contributed by atoms with E-state index < -0.39 is 5.60 Å². The van der Waals surface area contributed by atoms with Crippen molar-refractivity contribution in [1.29, 1.82) is 0 Å². The van der Waals surface area contributed by atoms with Crippen LogP contribution in [-0.4, -0.2) is 16.5 Å². The third-order valence-electron chi connectivity index (χ3n) is 8.35. The van der Waals surface area contributed by atoms with Crippen molar-refractivity contribution >= 4 is 5.78 Å². The fourth-order valence-corrected chi connectivity index (χ4v) is 6.81. The van der Waals surface area contributed by atoms with Crippen LogP contribution < -0.4 is 0 Å². The zero-order valence-electron chi connectivity index (χ0n) is 14.4. The van der Waals surface area contributed by atoms with Crippen LogP contribution in [0, 0.1) is 40.9 Å². The zero-order valence-corrected chi connectivity index (χ0v) is 14.4. The maximum atomic E-state index is 11.8. The van der Waals surface area contributed by atoms with Gasteiger partial charge in [-0.3, -0.25) is 4.79 Å². The lowest BCUT2D eigenvalue weighted by atomic mass is 9.46. The maximum Gasteiger partial charge on any atom is 0.155 e. The molecular weight excluding hydrogens is 284 g/mol. The summed E-state index contributed by atoms with van der Waals surface area (Å²) in [6.07, 6.45) is 15.6. The average molecular weight is 312 g/mol. The molecule has 0 spiro atoms. The van der Waals surface area contributed by atoms with Crippen LogP contribution in [0.5, 0.6) is 0 Å². The number of terminal acetylenes is 1. The minimum atomic E-state index is -0.914. The summed E-state index contributed by atoms with van der Waals surface area (Å²) in [5.41, 5.74) is 0.575. The highest BCUT2D eigenvalue weighted by Crippen LogP contribution is 2.67. The number of hydrogen-bond acceptors (Lipinski definition) is 2. The second-order valence-corrected chi connectivity index (χ2v) is 8.97. The zero-order chi connectivity index (χ0) is 16.5. The molecule has 4 aliphatic rings. The van der Waals surface area contributed by atoms with Gasteiger partial charge in [-0.1, -0.05) is 25.3 Å². The van der Waals surface area contributed by atoms with E-state index in [1.807, 2.05) is 6.08 Å². The summed E-state index contributed by atoms with van der Waals surface area (Å²) >= 11 is 0. The average Bonchev–Trinajstić information content (AvgIpc) is 2.80. The molecule has 0 amide bonds. The van der Waals surface area contributed by atoms with Crippen LogP contribution in [0.4, 0.5) is 0 Å². The van der Waals surface area contributed by atoms with Crippen LogP contribution in [0.2, 0.25) is 0 Å². The van der Waals surface area contributed by atoms with E-state index in [0.29, 0.717) is 30.0 Å². The molecule has 0 radical (unpaired) electrons. The highest BCUT2D eigenvalue weighted by Gasteiger charge is 2.63. The molecule has 0 aromatic carbocycles. The van der Waals surface area contributed by atoms with Crippen molar-refractivity contribution in [2.75, 3.05) is 0 Å². The van der Waals surface area contributed by atoms with Gasteiger partial charge >= 0.3 is 0 Å². The summed E-state index contributed by atoms with van der Waals surface area (Å²) in [5.74, 6) is 4.93. The van der Waals surface area contributed by atoms with E-state index >= 15 is 0 Å². The number of aliphatic hydroxyl groups is 1. The second kappa shape index (κ2) is 4.73. The number of fused-ring (bicyclic) bond motifs is 5. The highest BCUT2D eigenvalue weighted by atomic mass is 16.3. The molecule has 2 heteroatoms. The normalized spacial score (nSPS) is 52.0. The van der Waals surface area contributed by atoms with Gasteiger partial charge in [0, 0.05) is 11.8 Å². The van der Waals surface area contributed by atoms with E-state index in [2.05, 4.69) is 19.8 Å². The largest absolute Gasteiger partial charge is 0.377 e. The van der Waals surface area contributed by atoms with Gasteiger partial charge in [0.1, 0.15) is 5.60 Å². The van der Waals surface area contributed by atoms with E-state index in [-0.39, 0.29) is 10.8 Å². The van der Waals surface area contributed by atoms with Crippen LogP contribution in [0.25, 0.3) is 0 Å². The molecule has 3 saturated carbocycles. The van der Waals surface area contributed by atoms with E-state index in [1.54, 1.807) is 0 Å². The molecule has 0 aromatic heterocycles. The van der Waals surface area contributed by atoms with Gasteiger partial charge in [-0.05, 0) is 74.2 Å². The summed E-state index contributed by atoms with van der Waals surface area (Å²) in [6, 6.07) is 0. The summed E-state index contributed by atoms with van der Waals surface area (Å²) < 4.78 is 0. The molecule has 1 N–H and O–H groups in total. The van der Waals surface area contributed by atoms with Gasteiger partial charge in [0.2, 0.25) is 0 Å². The monoisotopic (exact) mass is 312 g/mol. The van der Waals surface area contributed by atoms with E-state index in [0.717, 1.165) is 38.5 Å². The molecule has 23 heavy (non-hydrogen) atoms. The van der Waals surface area contributed by atoms with Crippen molar-refractivity contribution in [3.8, 4) is 12.3 Å². The summed E-state index contributed by atoms with van der Waals surface area (Å²) in [7, 11) is 0. The highest BCUT2D eigenvalue weighted by molar-refractivity contribution is 5.91. The molecule has 0 saturated heterocycles. The Morgan fingerprint density at radius 2 is 1.87 bits per heavy atom. The molecule has 3 fully saturated rings. The smallest absolute Gasteiger partial charge is 0.155 e. The van der Waals surface area contributed by atoms with Crippen molar-refractivity contribution in [1.82, 2.24) is 0 Å². The van der Waals surface area contributed by atoms with Crippen molar-refractivity contribution in [3.63, 3.8) is 0 Å². The maximum absolute atomic E-state index is 11.8. The van der Waals surface area contributed by atoms with Gasteiger partial charge in [0.25, 0.3) is 0 Å². The summed E-state index contributed by atoms with van der Waals surface area (Å²) in [5, 5.41) is 11.0. The van der Waals surface area contributed by atoms with Gasteiger partial charge in [-0.25, -0.2) is 0 Å². The fourth-order valence-electron chi connectivity index (χ4n) is 6.81. The lowest BCUT2D eigenvalue weighted by molar-refractivity contribution is -0.119. The Morgan fingerprint density at radius 3 is 2.61 bits per heavy atom. The summed E-state index contributed by atoms with van der Waals surface area (Å²) in [4.78, 5) is 11.8. The molecule has 0 aliphatic heterocycles. The molecule has 124 valence electrons. The van der Waals surface area contributed by atoms with Gasteiger partial charge in [-0.2, -0.15) is 0 Å². The third kappa shape index (κ3) is 1.84. The SMILES string of the molecule is C#C[C@]1(O)CC[C@@H]2[C@H]3CCC4=CC(=O)CC[C@]4(C)[C@@H]3CC[C@@]21C. The van der Waals surface area contributed by atoms with Crippen molar-refractivity contribution in [2.45, 2.75) is 70.8 Å². The van der Waals surface area contributed by atoms with Crippen LogP contribution >= 0.6 is 0 Å². The Labute approximate surface area is 139 Å². The lowest BCUT2D eigenvalue weighted by Crippen LogP contribution is -2.54. The van der Waals surface area contributed by atoms with Gasteiger partial charge in [-0.15, -0.1) is 6.42 Å². The quantitative estimate of drug-likeness (QED) is 0.689. The molecule has 0 bridgehead atoms. The van der Waals surface area contributed by atoms with E-state index in [4.69, 9.17) is 6.42 Å². The van der Waals surface area contributed by atoms with Crippen LogP contribution in [-0.2, 0) is 4.79 Å². The van der Waals surface area contributed by atoms with Gasteiger partial charge < -0.3 is 5.11 Å². The molecule has 4 aliphatic carbocycles. The van der Waals surface area contributed by atoms with Crippen molar-refractivity contribution in [2.24, 2.45) is 28.6 Å². The first-order valence-electron chi connectivity index (χ1n) is 9.28. The topological polar surface area (TPSA) is 37.3 Å². The Morgan fingerprint density at radius 1 is 1.13 bits per heavy atom. The Balaban J connectivity index is 1.70. The Kier molecular flexibility index (Phi) is 3.18. The molecular formula is C21H28O2. The predicted molar refractivity (Wildman–Crippen MR) is 90.5 cm³/mol. The number of rotatable bonds is 0. The molecule has 2 nitrogen and oxygen atoms in total. The minimum absolute atomic E-state index is 0.120. The standard InChI is InChI=1S/C21H28O2/c1-4-21(23)12-9-18-16-6-5-14-13-15(22)7-10-19(14,2)17(16)8-11-20(18,21)3/h1,13,16-18,23H,5-12H2,2-3H3/t16-,17+,18+,19-,20-,21-/m0/s1. The minimum Gasteiger partial charge on any atom is -0.377 e. The molecule has 0 aromatic rings. The number of allylic oxidation sites excluding steroid dienone is 1. The van der Waals surface area contributed by atoms with Crippen LogP contribution in [0.3, 0.4) is 0 Å². The first kappa shape index (κ1) is 15.5. The molecule has 6 atom stereocenters. The first-order valence-corrected chi connectivity index (χ1v) is 9.28. The number of carbonyl (C=O) groups is 1. The van der Waals surface area contributed by atoms with Crippen LogP contribution in [0.15, 0.2) is 11.6 Å². The van der Waals surface area contributed by atoms with E-state index in [1.165, 1.54) is 12.0 Å².